The molecule has 0 saturated carbocycles. The van der Waals surface area contributed by atoms with Crippen molar-refractivity contribution < 1.29 is 9.53 Å². The van der Waals surface area contributed by atoms with E-state index in [2.05, 4.69) is 10.6 Å². The van der Waals surface area contributed by atoms with Gasteiger partial charge in [0, 0.05) is 19.5 Å². The Bertz CT molecular complexity index is 375. The van der Waals surface area contributed by atoms with E-state index in [0.29, 0.717) is 36.8 Å². The summed E-state index contributed by atoms with van der Waals surface area (Å²) in [7, 11) is 1.85. The maximum Gasteiger partial charge on any atom is 0.220 e. The quantitative estimate of drug-likeness (QED) is 0.724. The molecule has 1 amide bonds. The molecule has 0 aliphatic carbocycles. The number of benzene rings is 1. The summed E-state index contributed by atoms with van der Waals surface area (Å²) < 4.78 is 5.49. The fraction of sp³-hybridized carbons (Fsp3) is 0.462. The molecular weight excluding hydrogens is 287 g/mol. The van der Waals surface area contributed by atoms with Gasteiger partial charge in [-0.05, 0) is 25.6 Å². The minimum Gasteiger partial charge on any atom is -0.492 e. The lowest BCUT2D eigenvalue weighted by Crippen LogP contribution is -2.30. The van der Waals surface area contributed by atoms with Gasteiger partial charge in [-0.2, -0.15) is 0 Å². The van der Waals surface area contributed by atoms with E-state index < -0.39 is 0 Å². The SMILES string of the molecule is CNCCNC(=O)CCCOc1ccccc1Cl.Cl. The molecule has 0 aliphatic rings. The molecule has 0 aromatic heterocycles. The smallest absolute Gasteiger partial charge is 0.220 e. The molecule has 1 aromatic rings. The highest BCUT2D eigenvalue weighted by atomic mass is 35.5. The first kappa shape index (κ1) is 18.0. The van der Waals surface area contributed by atoms with Crippen LogP contribution in [0.25, 0.3) is 0 Å². The largest absolute Gasteiger partial charge is 0.492 e. The molecule has 0 bridgehead atoms. The van der Waals surface area contributed by atoms with E-state index in [-0.39, 0.29) is 18.3 Å². The minimum atomic E-state index is 0. The molecule has 0 unspecified atom stereocenters. The number of hydrogen-bond acceptors (Lipinski definition) is 3. The summed E-state index contributed by atoms with van der Waals surface area (Å²) in [5, 5.41) is 6.37. The second kappa shape index (κ2) is 10.9. The van der Waals surface area contributed by atoms with Crippen molar-refractivity contribution in [2.75, 3.05) is 26.7 Å². The number of likely N-dealkylation sites (N-methyl/N-ethyl adjacent to an activating group) is 1. The van der Waals surface area contributed by atoms with Crippen molar-refractivity contribution >= 4 is 29.9 Å². The van der Waals surface area contributed by atoms with Gasteiger partial charge >= 0.3 is 0 Å². The Morgan fingerprint density at radius 1 is 1.32 bits per heavy atom. The van der Waals surface area contributed by atoms with Crippen molar-refractivity contribution in [3.8, 4) is 5.75 Å². The number of halogens is 2. The molecule has 108 valence electrons. The number of nitrogens with one attached hydrogen (secondary N) is 2. The van der Waals surface area contributed by atoms with Crippen LogP contribution in [0.4, 0.5) is 0 Å². The van der Waals surface area contributed by atoms with Crippen LogP contribution in [0.1, 0.15) is 12.8 Å². The second-order valence-corrected chi connectivity index (χ2v) is 4.24. The number of amides is 1. The molecule has 4 nitrogen and oxygen atoms in total. The minimum absolute atomic E-state index is 0. The van der Waals surface area contributed by atoms with E-state index in [4.69, 9.17) is 16.3 Å². The first-order chi connectivity index (χ1) is 8.74. The molecule has 6 heteroatoms. The van der Waals surface area contributed by atoms with Crippen LogP contribution in [0, 0.1) is 0 Å². The van der Waals surface area contributed by atoms with E-state index in [0.717, 1.165) is 6.54 Å². The van der Waals surface area contributed by atoms with Gasteiger partial charge in [-0.25, -0.2) is 0 Å². The van der Waals surface area contributed by atoms with Crippen LogP contribution < -0.4 is 15.4 Å². The number of carbonyl (C=O) groups is 1. The Morgan fingerprint density at radius 2 is 2.05 bits per heavy atom. The summed E-state index contributed by atoms with van der Waals surface area (Å²) in [6.45, 7) is 1.92. The maximum absolute atomic E-state index is 11.4. The van der Waals surface area contributed by atoms with Gasteiger partial charge in [0.1, 0.15) is 5.75 Å². The van der Waals surface area contributed by atoms with Crippen molar-refractivity contribution in [3.63, 3.8) is 0 Å². The Morgan fingerprint density at radius 3 is 2.74 bits per heavy atom. The van der Waals surface area contributed by atoms with Gasteiger partial charge in [0.15, 0.2) is 0 Å². The van der Waals surface area contributed by atoms with Crippen molar-refractivity contribution in [1.82, 2.24) is 10.6 Å². The Kier molecular flexibility index (Phi) is 10.4. The number of para-hydroxylation sites is 1. The van der Waals surface area contributed by atoms with Crippen LogP contribution >= 0.6 is 24.0 Å². The first-order valence-electron chi connectivity index (χ1n) is 6.02. The van der Waals surface area contributed by atoms with Gasteiger partial charge in [0.25, 0.3) is 0 Å². The van der Waals surface area contributed by atoms with Crippen molar-refractivity contribution in [3.05, 3.63) is 29.3 Å². The zero-order chi connectivity index (χ0) is 13.2. The number of hydrogen-bond donors (Lipinski definition) is 2. The van der Waals surface area contributed by atoms with Crippen molar-refractivity contribution in [2.24, 2.45) is 0 Å². The molecule has 1 rings (SSSR count). The summed E-state index contributed by atoms with van der Waals surface area (Å²) in [6, 6.07) is 7.31. The number of ether oxygens (including phenoxy) is 1. The topological polar surface area (TPSA) is 50.4 Å². The van der Waals surface area contributed by atoms with Crippen LogP contribution in [-0.2, 0) is 4.79 Å². The second-order valence-electron chi connectivity index (χ2n) is 3.84. The summed E-state index contributed by atoms with van der Waals surface area (Å²) in [4.78, 5) is 11.4. The van der Waals surface area contributed by atoms with Crippen molar-refractivity contribution in [1.29, 1.82) is 0 Å². The molecule has 0 aliphatic heterocycles. The highest BCUT2D eigenvalue weighted by Crippen LogP contribution is 2.23. The molecule has 0 fully saturated rings. The van der Waals surface area contributed by atoms with Crippen LogP contribution in [-0.4, -0.2) is 32.7 Å². The lowest BCUT2D eigenvalue weighted by atomic mass is 10.3. The third-order valence-electron chi connectivity index (χ3n) is 2.34. The van der Waals surface area contributed by atoms with Crippen LogP contribution in [0.2, 0.25) is 5.02 Å². The fourth-order valence-corrected chi connectivity index (χ4v) is 1.58. The first-order valence-corrected chi connectivity index (χ1v) is 6.40. The molecule has 0 atom stereocenters. The zero-order valence-corrected chi connectivity index (χ0v) is 12.5. The summed E-state index contributed by atoms with van der Waals surface area (Å²) >= 11 is 5.94. The summed E-state index contributed by atoms with van der Waals surface area (Å²) in [6.07, 6.45) is 1.14. The van der Waals surface area contributed by atoms with E-state index >= 15 is 0 Å². The van der Waals surface area contributed by atoms with Crippen LogP contribution in [0.5, 0.6) is 5.75 Å². The van der Waals surface area contributed by atoms with E-state index in [9.17, 15) is 4.79 Å². The summed E-state index contributed by atoms with van der Waals surface area (Å²) in [5.74, 6) is 0.711. The third kappa shape index (κ3) is 7.93. The van der Waals surface area contributed by atoms with Gasteiger partial charge in [0.05, 0.1) is 11.6 Å². The standard InChI is InChI=1S/C13H19ClN2O2.ClH/c1-15-8-9-16-13(17)7-4-10-18-12-6-3-2-5-11(12)14;/h2-3,5-6,15H,4,7-10H2,1H3,(H,16,17);1H. The normalized spacial score (nSPS) is 9.58. The van der Waals surface area contributed by atoms with E-state index in [1.807, 2.05) is 25.2 Å². The maximum atomic E-state index is 11.4. The van der Waals surface area contributed by atoms with Gasteiger partial charge < -0.3 is 15.4 Å². The lowest BCUT2D eigenvalue weighted by molar-refractivity contribution is -0.121. The third-order valence-corrected chi connectivity index (χ3v) is 2.65. The molecule has 0 radical (unpaired) electrons. The molecular formula is C13H20Cl2N2O2. The fourth-order valence-electron chi connectivity index (χ4n) is 1.39. The highest BCUT2D eigenvalue weighted by molar-refractivity contribution is 6.32. The van der Waals surface area contributed by atoms with E-state index in [1.165, 1.54) is 0 Å². The average molecular weight is 307 g/mol. The predicted molar refractivity (Wildman–Crippen MR) is 80.4 cm³/mol. The Balaban J connectivity index is 0.00000324. The molecule has 0 spiro atoms. The van der Waals surface area contributed by atoms with Gasteiger partial charge in [0.2, 0.25) is 5.91 Å². The Hall–Kier alpha value is -0.970. The highest BCUT2D eigenvalue weighted by Gasteiger charge is 2.02. The molecule has 0 heterocycles. The average Bonchev–Trinajstić information content (AvgIpc) is 2.37. The van der Waals surface area contributed by atoms with Gasteiger partial charge in [-0.1, -0.05) is 23.7 Å². The summed E-state index contributed by atoms with van der Waals surface area (Å²) in [5.41, 5.74) is 0. The van der Waals surface area contributed by atoms with Crippen molar-refractivity contribution in [2.45, 2.75) is 12.8 Å². The van der Waals surface area contributed by atoms with Gasteiger partial charge in [-0.3, -0.25) is 4.79 Å². The molecule has 0 saturated heterocycles. The molecule has 1 aromatic carbocycles. The Labute approximate surface area is 125 Å². The molecule has 19 heavy (non-hydrogen) atoms. The predicted octanol–water partition coefficient (Wildman–Crippen LogP) is 2.26. The zero-order valence-electron chi connectivity index (χ0n) is 10.9. The van der Waals surface area contributed by atoms with Crippen LogP contribution in [0.3, 0.4) is 0 Å². The van der Waals surface area contributed by atoms with E-state index in [1.54, 1.807) is 6.07 Å². The number of carbonyl (C=O) groups excluding carboxylic acids is 1. The lowest BCUT2D eigenvalue weighted by Gasteiger charge is -2.08. The molecule has 2 N–H and O–H groups in total. The van der Waals surface area contributed by atoms with Crippen LogP contribution in [0.15, 0.2) is 24.3 Å². The number of rotatable bonds is 8. The van der Waals surface area contributed by atoms with Gasteiger partial charge in [-0.15, -0.1) is 12.4 Å². The monoisotopic (exact) mass is 306 g/mol.